The molecule has 0 amide bonds. The lowest BCUT2D eigenvalue weighted by molar-refractivity contribution is -0.139. The molecule has 0 saturated heterocycles. The number of fused-ring (bicyclic) bond motifs is 10. The first-order valence-electron chi connectivity index (χ1n) is 16.6. The van der Waals surface area contributed by atoms with E-state index in [1.165, 1.54) is 14.2 Å². The molecule has 0 aromatic heterocycles. The third-order valence-corrected chi connectivity index (χ3v) is 14.0. The summed E-state index contributed by atoms with van der Waals surface area (Å²) in [7, 11) is -1.36. The van der Waals surface area contributed by atoms with Crippen molar-refractivity contribution in [3.63, 3.8) is 0 Å². The number of aliphatic imine (C=N–C) groups is 1. The fraction of sp³-hybridized carbons (Fsp3) is 0.293. The van der Waals surface area contributed by atoms with E-state index < -0.39 is 43.6 Å². The van der Waals surface area contributed by atoms with Crippen molar-refractivity contribution in [2.75, 3.05) is 19.1 Å². The molecule has 4 aromatic rings. The maximum absolute atomic E-state index is 14.4. The summed E-state index contributed by atoms with van der Waals surface area (Å²) in [6, 6.07) is 26.1. The molecule has 9 heteroatoms. The molecular weight excluding hydrogens is 649 g/mol. The molecule has 1 aliphatic carbocycles. The number of hydrogen-bond donors (Lipinski definition) is 0. The standard InChI is InChI=1S/C41H38N2O6S/c1-23-38(2,3)30-21-24(17-19-32(30)42-23)50(46,47)25-18-20-33-31(22-25)39(4,5)40(6)41(34(36(44)48-7)35(43(33)40)37(45)49-8)28-15-11-9-13-26(28)27-14-10-12-16-29(27)41/h9-22H,1-8H3. The highest BCUT2D eigenvalue weighted by molar-refractivity contribution is 7.91. The second-order valence-corrected chi connectivity index (χ2v) is 16.7. The lowest BCUT2D eigenvalue weighted by Gasteiger charge is -2.52. The first kappa shape index (κ1) is 32.2. The van der Waals surface area contributed by atoms with E-state index in [0.29, 0.717) is 5.69 Å². The van der Waals surface area contributed by atoms with Crippen molar-refractivity contribution in [1.82, 2.24) is 0 Å². The molecule has 8 nitrogen and oxygen atoms in total. The van der Waals surface area contributed by atoms with Crippen molar-refractivity contribution in [3.8, 4) is 11.1 Å². The van der Waals surface area contributed by atoms with Crippen molar-refractivity contribution in [2.45, 2.75) is 73.1 Å². The Labute approximate surface area is 292 Å². The second kappa shape index (κ2) is 10.0. The largest absolute Gasteiger partial charge is 0.466 e. The quantitative estimate of drug-likeness (QED) is 0.207. The van der Waals surface area contributed by atoms with Gasteiger partial charge in [0.15, 0.2) is 0 Å². The topological polar surface area (TPSA) is 102 Å². The number of sulfone groups is 1. The van der Waals surface area contributed by atoms with Crippen LogP contribution in [0.3, 0.4) is 0 Å². The first-order chi connectivity index (χ1) is 23.6. The average Bonchev–Trinajstić information content (AvgIpc) is 3.70. The third kappa shape index (κ3) is 3.51. The molecule has 1 spiro atoms. The number of nitrogens with zero attached hydrogens (tertiary/aromatic N) is 2. The lowest BCUT2D eigenvalue weighted by atomic mass is 9.53. The van der Waals surface area contributed by atoms with Gasteiger partial charge in [0.25, 0.3) is 0 Å². The minimum Gasteiger partial charge on any atom is -0.466 e. The van der Waals surface area contributed by atoms with Gasteiger partial charge in [-0.2, -0.15) is 0 Å². The van der Waals surface area contributed by atoms with Gasteiger partial charge in [-0.05, 0) is 83.6 Å². The Morgan fingerprint density at radius 3 is 1.82 bits per heavy atom. The second-order valence-electron chi connectivity index (χ2n) is 14.8. The van der Waals surface area contributed by atoms with Crippen LogP contribution < -0.4 is 4.90 Å². The van der Waals surface area contributed by atoms with E-state index in [-0.39, 0.29) is 21.1 Å². The Hall–Kier alpha value is -5.02. The van der Waals surface area contributed by atoms with E-state index in [4.69, 9.17) is 9.47 Å². The van der Waals surface area contributed by atoms with Gasteiger partial charge in [0.2, 0.25) is 9.84 Å². The molecule has 254 valence electrons. The van der Waals surface area contributed by atoms with E-state index in [2.05, 4.69) is 25.8 Å². The summed E-state index contributed by atoms with van der Waals surface area (Å²) in [5.74, 6) is -1.32. The molecule has 1 atom stereocenters. The van der Waals surface area contributed by atoms with Crippen molar-refractivity contribution < 1.29 is 27.5 Å². The highest BCUT2D eigenvalue weighted by atomic mass is 32.2. The number of benzene rings is 4. The Bertz CT molecular complexity index is 2360. The van der Waals surface area contributed by atoms with E-state index in [1.807, 2.05) is 74.2 Å². The lowest BCUT2D eigenvalue weighted by Crippen LogP contribution is -2.63. The highest BCUT2D eigenvalue weighted by Crippen LogP contribution is 2.72. The zero-order chi connectivity index (χ0) is 35.8. The molecular formula is C41H38N2O6S. The SMILES string of the molecule is COC(=O)C1=C(C(=O)OC)C2(c3ccccc3-c3ccccc32)C2(C)N1c1ccc(S(=O)(=O)c3ccc4c(c3)C(C)(C)C(C)=N4)cc1C2(C)C. The van der Waals surface area contributed by atoms with Gasteiger partial charge in [-0.1, -0.05) is 76.2 Å². The van der Waals surface area contributed by atoms with Crippen LogP contribution in [-0.4, -0.2) is 45.8 Å². The molecule has 0 N–H and O–H groups in total. The maximum atomic E-state index is 14.4. The van der Waals surface area contributed by atoms with Crippen molar-refractivity contribution in [3.05, 3.63) is 118 Å². The number of hydrogen-bond acceptors (Lipinski definition) is 8. The van der Waals surface area contributed by atoms with Crippen molar-refractivity contribution >= 4 is 38.9 Å². The fourth-order valence-electron chi connectivity index (χ4n) is 9.28. The van der Waals surface area contributed by atoms with Gasteiger partial charge < -0.3 is 14.4 Å². The molecule has 0 saturated carbocycles. The van der Waals surface area contributed by atoms with Crippen LogP contribution in [-0.2, 0) is 45.1 Å². The summed E-state index contributed by atoms with van der Waals surface area (Å²) in [6.07, 6.45) is 0. The summed E-state index contributed by atoms with van der Waals surface area (Å²) in [4.78, 5) is 35.2. The molecule has 0 bridgehead atoms. The van der Waals surface area contributed by atoms with Crippen LogP contribution in [0.4, 0.5) is 11.4 Å². The van der Waals surface area contributed by atoms with Crippen LogP contribution in [0.5, 0.6) is 0 Å². The Morgan fingerprint density at radius 1 is 0.700 bits per heavy atom. The smallest absolute Gasteiger partial charge is 0.355 e. The predicted octanol–water partition coefficient (Wildman–Crippen LogP) is 7.34. The number of carbonyl (C=O) groups is 2. The molecule has 8 rings (SSSR count). The van der Waals surface area contributed by atoms with Gasteiger partial charge in [-0.25, -0.2) is 18.0 Å². The highest BCUT2D eigenvalue weighted by Gasteiger charge is 2.76. The van der Waals surface area contributed by atoms with Gasteiger partial charge in [-0.15, -0.1) is 0 Å². The van der Waals surface area contributed by atoms with Crippen molar-refractivity contribution in [2.24, 2.45) is 4.99 Å². The minimum absolute atomic E-state index is 0.0759. The van der Waals surface area contributed by atoms with Crippen molar-refractivity contribution in [1.29, 1.82) is 0 Å². The summed E-state index contributed by atoms with van der Waals surface area (Å²) in [5, 5.41) is 0. The van der Waals surface area contributed by atoms with Gasteiger partial charge >= 0.3 is 11.9 Å². The average molecular weight is 687 g/mol. The zero-order valence-corrected chi connectivity index (χ0v) is 30.2. The molecule has 4 aliphatic rings. The maximum Gasteiger partial charge on any atom is 0.355 e. The number of carbonyl (C=O) groups excluding carboxylic acids is 2. The number of esters is 2. The molecule has 0 radical (unpaired) electrons. The van der Waals surface area contributed by atoms with Crippen LogP contribution in [0.15, 0.2) is 111 Å². The van der Waals surface area contributed by atoms with Gasteiger partial charge in [0, 0.05) is 22.2 Å². The predicted molar refractivity (Wildman–Crippen MR) is 192 cm³/mol. The number of rotatable bonds is 4. The van der Waals surface area contributed by atoms with E-state index in [9.17, 15) is 18.0 Å². The third-order valence-electron chi connectivity index (χ3n) is 12.3. The monoisotopic (exact) mass is 686 g/mol. The van der Waals surface area contributed by atoms with Gasteiger partial charge in [0.1, 0.15) is 5.70 Å². The Balaban J connectivity index is 1.41. The molecule has 3 aliphatic heterocycles. The Kier molecular flexibility index (Phi) is 6.46. The van der Waals surface area contributed by atoms with Crippen LogP contribution in [0.25, 0.3) is 11.1 Å². The zero-order valence-electron chi connectivity index (χ0n) is 29.3. The minimum atomic E-state index is -3.98. The molecule has 4 aromatic carbocycles. The number of methoxy groups -OCH3 is 2. The van der Waals surface area contributed by atoms with Crippen LogP contribution in [0.2, 0.25) is 0 Å². The summed E-state index contributed by atoms with van der Waals surface area (Å²) < 4.78 is 39.8. The van der Waals surface area contributed by atoms with E-state index >= 15 is 0 Å². The summed E-state index contributed by atoms with van der Waals surface area (Å²) >= 11 is 0. The Morgan fingerprint density at radius 2 is 1.24 bits per heavy atom. The van der Waals surface area contributed by atoms with Crippen LogP contribution >= 0.6 is 0 Å². The summed E-state index contributed by atoms with van der Waals surface area (Å²) in [6.45, 7) is 12.2. The molecule has 0 fully saturated rings. The number of anilines is 1. The molecule has 1 unspecified atom stereocenters. The molecule has 50 heavy (non-hydrogen) atoms. The molecule has 3 heterocycles. The fourth-order valence-corrected chi connectivity index (χ4v) is 10.6. The van der Waals surface area contributed by atoms with Gasteiger partial charge in [-0.3, -0.25) is 4.99 Å². The van der Waals surface area contributed by atoms with Crippen LogP contribution in [0.1, 0.15) is 63.8 Å². The van der Waals surface area contributed by atoms with Crippen LogP contribution in [0, 0.1) is 0 Å². The number of ether oxygens (including phenoxy) is 2. The van der Waals surface area contributed by atoms with Gasteiger partial charge in [0.05, 0.1) is 46.2 Å². The summed E-state index contributed by atoms with van der Waals surface area (Å²) in [5.41, 5.74) is 4.30. The first-order valence-corrected chi connectivity index (χ1v) is 18.1. The van der Waals surface area contributed by atoms with E-state index in [0.717, 1.165) is 44.8 Å². The normalized spacial score (nSPS) is 21.3. The van der Waals surface area contributed by atoms with E-state index in [1.54, 1.807) is 36.4 Å².